The number of amides is 1. The number of ether oxygens (including phenoxy) is 3. The molecule has 156 valence electrons. The lowest BCUT2D eigenvalue weighted by Crippen LogP contribution is -2.13. The van der Waals surface area contributed by atoms with Crippen LogP contribution in [-0.2, 0) is 4.79 Å². The van der Waals surface area contributed by atoms with Gasteiger partial charge in [0.05, 0.1) is 12.8 Å². The van der Waals surface area contributed by atoms with Gasteiger partial charge in [0.1, 0.15) is 30.5 Å². The smallest absolute Gasteiger partial charge is 0.236 e. The highest BCUT2D eigenvalue weighted by molar-refractivity contribution is 5.84. The molecule has 29 heavy (non-hydrogen) atoms. The van der Waals surface area contributed by atoms with Gasteiger partial charge in [-0.3, -0.25) is 4.79 Å². The Labute approximate surface area is 172 Å². The molecule has 6 nitrogen and oxygen atoms in total. The molecular formula is C23H30N2O4. The van der Waals surface area contributed by atoms with Gasteiger partial charge in [0.15, 0.2) is 0 Å². The van der Waals surface area contributed by atoms with Gasteiger partial charge in [0, 0.05) is 12.5 Å². The number of nitrogens with zero attached hydrogens (tertiary/aromatic N) is 1. The van der Waals surface area contributed by atoms with E-state index >= 15 is 0 Å². The Balaban J connectivity index is 1.71. The maximum absolute atomic E-state index is 10.9. The van der Waals surface area contributed by atoms with Crippen LogP contribution in [0.15, 0.2) is 53.6 Å². The molecule has 0 bridgehead atoms. The highest BCUT2D eigenvalue weighted by Gasteiger charge is 2.02. The predicted octanol–water partition coefficient (Wildman–Crippen LogP) is 4.57. The number of unbranched alkanes of at least 4 members (excludes halogenated alkanes) is 3. The number of hydrogen-bond donors (Lipinski definition) is 1. The summed E-state index contributed by atoms with van der Waals surface area (Å²) in [6.07, 6.45) is 6.33. The second-order valence-corrected chi connectivity index (χ2v) is 6.54. The predicted molar refractivity (Wildman–Crippen MR) is 115 cm³/mol. The molecule has 2 rings (SSSR count). The molecule has 1 amide bonds. The summed E-state index contributed by atoms with van der Waals surface area (Å²) in [5.74, 6) is 2.09. The molecule has 2 aromatic carbocycles. The number of benzene rings is 2. The first-order chi connectivity index (χ1) is 14.2. The fraction of sp³-hybridized carbons (Fsp3) is 0.391. The zero-order valence-electron chi connectivity index (χ0n) is 17.2. The molecule has 0 spiro atoms. The molecule has 0 heterocycles. The average Bonchev–Trinajstić information content (AvgIpc) is 2.73. The quantitative estimate of drug-likeness (QED) is 0.305. The van der Waals surface area contributed by atoms with E-state index in [4.69, 9.17) is 14.2 Å². The largest absolute Gasteiger partial charge is 0.494 e. The molecule has 1 N–H and O–H groups in total. The van der Waals surface area contributed by atoms with Crippen molar-refractivity contribution in [2.75, 3.05) is 19.8 Å². The van der Waals surface area contributed by atoms with E-state index in [0.29, 0.717) is 19.0 Å². The van der Waals surface area contributed by atoms with Crippen molar-refractivity contribution in [1.29, 1.82) is 0 Å². The van der Waals surface area contributed by atoms with Gasteiger partial charge in [-0.1, -0.05) is 38.3 Å². The van der Waals surface area contributed by atoms with Crippen LogP contribution in [0.4, 0.5) is 0 Å². The fourth-order valence-corrected chi connectivity index (χ4v) is 2.57. The number of carbonyl (C=O) groups is 1. The van der Waals surface area contributed by atoms with Crippen LogP contribution in [0, 0.1) is 0 Å². The summed E-state index contributed by atoms with van der Waals surface area (Å²) in [5.41, 5.74) is 3.16. The highest BCUT2D eigenvalue weighted by Crippen LogP contribution is 2.19. The van der Waals surface area contributed by atoms with Crippen LogP contribution >= 0.6 is 0 Å². The Morgan fingerprint density at radius 3 is 2.24 bits per heavy atom. The fourth-order valence-electron chi connectivity index (χ4n) is 2.57. The first-order valence-corrected chi connectivity index (χ1v) is 10.1. The van der Waals surface area contributed by atoms with Crippen LogP contribution in [0.2, 0.25) is 0 Å². The Kier molecular flexibility index (Phi) is 10.1. The van der Waals surface area contributed by atoms with Gasteiger partial charge in [0.2, 0.25) is 5.91 Å². The van der Waals surface area contributed by atoms with E-state index in [0.717, 1.165) is 30.1 Å². The molecule has 0 unspecified atom stereocenters. The van der Waals surface area contributed by atoms with E-state index in [1.54, 1.807) is 6.21 Å². The molecular weight excluding hydrogens is 368 g/mol. The summed E-state index contributed by atoms with van der Waals surface area (Å²) < 4.78 is 17.2. The lowest BCUT2D eigenvalue weighted by atomic mass is 10.2. The van der Waals surface area contributed by atoms with Crippen molar-refractivity contribution in [3.05, 3.63) is 54.1 Å². The summed E-state index contributed by atoms with van der Waals surface area (Å²) in [6, 6.07) is 15.1. The second-order valence-electron chi connectivity index (χ2n) is 6.54. The van der Waals surface area contributed by atoms with Crippen molar-refractivity contribution in [3.8, 4) is 17.2 Å². The molecule has 0 aromatic heterocycles. The van der Waals surface area contributed by atoms with Gasteiger partial charge in [-0.05, 0) is 42.8 Å². The summed E-state index contributed by atoms with van der Waals surface area (Å²) in [6.45, 7) is 5.16. The number of rotatable bonds is 13. The Bertz CT molecular complexity index is 760. The van der Waals surface area contributed by atoms with E-state index in [2.05, 4.69) is 17.5 Å². The molecule has 0 radical (unpaired) electrons. The summed E-state index contributed by atoms with van der Waals surface area (Å²) >= 11 is 0. The van der Waals surface area contributed by atoms with Crippen molar-refractivity contribution >= 4 is 12.1 Å². The van der Waals surface area contributed by atoms with Crippen molar-refractivity contribution in [2.45, 2.75) is 39.5 Å². The molecule has 0 aliphatic rings. The van der Waals surface area contributed by atoms with Crippen LogP contribution in [0.1, 0.15) is 45.1 Å². The van der Waals surface area contributed by atoms with Gasteiger partial charge in [-0.15, -0.1) is 0 Å². The van der Waals surface area contributed by atoms with E-state index in [9.17, 15) is 4.79 Å². The number of para-hydroxylation sites is 1. The molecule has 0 atom stereocenters. The van der Waals surface area contributed by atoms with E-state index in [1.165, 1.54) is 26.2 Å². The minimum absolute atomic E-state index is 0.221. The Morgan fingerprint density at radius 1 is 0.897 bits per heavy atom. The Hall–Kier alpha value is -3.02. The van der Waals surface area contributed by atoms with E-state index in [-0.39, 0.29) is 5.91 Å². The summed E-state index contributed by atoms with van der Waals surface area (Å²) in [7, 11) is 0. The summed E-state index contributed by atoms with van der Waals surface area (Å²) in [4.78, 5) is 10.9. The van der Waals surface area contributed by atoms with Crippen molar-refractivity contribution in [3.63, 3.8) is 0 Å². The number of carbonyl (C=O) groups excluding carboxylic acids is 1. The van der Waals surface area contributed by atoms with Crippen molar-refractivity contribution in [1.82, 2.24) is 5.43 Å². The molecule has 0 saturated heterocycles. The standard InChI is InChI=1S/C23H30N2O4/c1-3-4-5-8-15-27-21-11-13-22(14-12-21)28-16-17-29-23-10-7-6-9-20(23)18-24-25-19(2)26/h6-7,9-14,18H,3-5,8,15-17H2,1-2H3,(H,25,26)/b24-18-. The average molecular weight is 399 g/mol. The monoisotopic (exact) mass is 398 g/mol. The van der Waals surface area contributed by atoms with Crippen molar-refractivity contribution in [2.24, 2.45) is 5.10 Å². The number of hydrogen-bond acceptors (Lipinski definition) is 5. The SMILES string of the molecule is CCCCCCOc1ccc(OCCOc2ccccc2/C=N\NC(C)=O)cc1. The lowest BCUT2D eigenvalue weighted by Gasteiger charge is -2.11. The Morgan fingerprint density at radius 2 is 1.55 bits per heavy atom. The zero-order chi connectivity index (χ0) is 20.7. The summed E-state index contributed by atoms with van der Waals surface area (Å²) in [5, 5.41) is 3.87. The number of nitrogens with one attached hydrogen (secondary N) is 1. The van der Waals surface area contributed by atoms with Gasteiger partial charge < -0.3 is 14.2 Å². The van der Waals surface area contributed by atoms with Crippen LogP contribution in [0.3, 0.4) is 0 Å². The van der Waals surface area contributed by atoms with Crippen LogP contribution in [-0.4, -0.2) is 31.9 Å². The van der Waals surface area contributed by atoms with Gasteiger partial charge in [-0.2, -0.15) is 5.10 Å². The minimum atomic E-state index is -0.221. The van der Waals surface area contributed by atoms with Gasteiger partial charge >= 0.3 is 0 Å². The molecule has 0 fully saturated rings. The first-order valence-electron chi connectivity index (χ1n) is 10.1. The second kappa shape index (κ2) is 13.2. The molecule has 0 aliphatic carbocycles. The third-order valence-electron chi connectivity index (χ3n) is 4.04. The van der Waals surface area contributed by atoms with Crippen LogP contribution < -0.4 is 19.6 Å². The molecule has 0 saturated carbocycles. The van der Waals surface area contributed by atoms with Crippen LogP contribution in [0.5, 0.6) is 17.2 Å². The van der Waals surface area contributed by atoms with E-state index in [1.807, 2.05) is 48.5 Å². The highest BCUT2D eigenvalue weighted by atomic mass is 16.5. The van der Waals surface area contributed by atoms with Crippen molar-refractivity contribution < 1.29 is 19.0 Å². The normalized spacial score (nSPS) is 10.7. The maximum atomic E-state index is 10.9. The molecule has 2 aromatic rings. The third kappa shape index (κ3) is 9.14. The maximum Gasteiger partial charge on any atom is 0.236 e. The molecule has 0 aliphatic heterocycles. The first kappa shape index (κ1) is 22.3. The minimum Gasteiger partial charge on any atom is -0.494 e. The number of hydrazone groups is 1. The topological polar surface area (TPSA) is 69.2 Å². The lowest BCUT2D eigenvalue weighted by molar-refractivity contribution is -0.118. The van der Waals surface area contributed by atoms with Crippen LogP contribution in [0.25, 0.3) is 0 Å². The molecule has 6 heteroatoms. The van der Waals surface area contributed by atoms with Gasteiger partial charge in [0.25, 0.3) is 0 Å². The van der Waals surface area contributed by atoms with Gasteiger partial charge in [-0.25, -0.2) is 5.43 Å². The zero-order valence-corrected chi connectivity index (χ0v) is 17.2. The van der Waals surface area contributed by atoms with E-state index < -0.39 is 0 Å². The third-order valence-corrected chi connectivity index (χ3v) is 4.04.